The molecule has 1 fully saturated rings. The molecule has 1 heterocycles. The van der Waals surface area contributed by atoms with Gasteiger partial charge in [0.15, 0.2) is 0 Å². The molecule has 0 atom stereocenters. The minimum atomic E-state index is 0.308. The van der Waals surface area contributed by atoms with E-state index in [0.717, 1.165) is 12.8 Å². The Morgan fingerprint density at radius 2 is 2.08 bits per heavy atom. The van der Waals surface area contributed by atoms with Crippen LogP contribution in [0.3, 0.4) is 0 Å². The number of nitrogens with two attached hydrogens (primary N) is 1. The van der Waals surface area contributed by atoms with E-state index in [1.807, 2.05) is 0 Å². The highest BCUT2D eigenvalue weighted by atomic mass is 32.1. The minimum Gasteiger partial charge on any atom is -0.459 e. The van der Waals surface area contributed by atoms with Crippen LogP contribution in [-0.4, -0.2) is 15.5 Å². The van der Waals surface area contributed by atoms with E-state index in [-0.39, 0.29) is 0 Å². The average Bonchev–Trinajstić information content (AvgIpc) is 2.53. The lowest BCUT2D eigenvalue weighted by Crippen LogP contribution is -2.20. The molecule has 1 aromatic rings. The SMILES string of the molecule is Nc1nc(OC2CCCCC2)ns1. The van der Waals surface area contributed by atoms with E-state index in [4.69, 9.17) is 10.5 Å². The number of rotatable bonds is 2. The van der Waals surface area contributed by atoms with Gasteiger partial charge in [-0.2, -0.15) is 4.98 Å². The summed E-state index contributed by atoms with van der Waals surface area (Å²) < 4.78 is 9.58. The first-order valence-corrected chi connectivity index (χ1v) is 5.38. The van der Waals surface area contributed by atoms with Crippen LogP contribution < -0.4 is 10.5 Å². The second kappa shape index (κ2) is 3.91. The summed E-state index contributed by atoms with van der Waals surface area (Å²) in [6, 6.07) is 0.453. The van der Waals surface area contributed by atoms with Crippen molar-refractivity contribution in [3.63, 3.8) is 0 Å². The molecule has 0 bridgehead atoms. The highest BCUT2D eigenvalue weighted by molar-refractivity contribution is 7.09. The summed E-state index contributed by atoms with van der Waals surface area (Å²) in [6.07, 6.45) is 6.39. The molecule has 2 rings (SSSR count). The van der Waals surface area contributed by atoms with Crippen LogP contribution in [0.2, 0.25) is 0 Å². The van der Waals surface area contributed by atoms with Gasteiger partial charge in [-0.15, -0.1) is 4.37 Å². The van der Waals surface area contributed by atoms with Crippen molar-refractivity contribution in [2.75, 3.05) is 5.73 Å². The summed E-state index contributed by atoms with van der Waals surface area (Å²) in [5, 5.41) is 0.478. The van der Waals surface area contributed by atoms with E-state index in [1.54, 1.807) is 0 Å². The Hall–Kier alpha value is -0.840. The maximum atomic E-state index is 5.58. The minimum absolute atomic E-state index is 0.308. The molecule has 0 spiro atoms. The molecule has 1 aliphatic rings. The molecule has 5 heteroatoms. The lowest BCUT2D eigenvalue weighted by Gasteiger charge is -2.20. The van der Waals surface area contributed by atoms with Crippen molar-refractivity contribution in [3.05, 3.63) is 0 Å². The van der Waals surface area contributed by atoms with Crippen LogP contribution in [0.25, 0.3) is 0 Å². The van der Waals surface area contributed by atoms with Crippen LogP contribution in [0.1, 0.15) is 32.1 Å². The summed E-state index contributed by atoms with van der Waals surface area (Å²) in [5.41, 5.74) is 5.45. The number of nitrogens with zero attached hydrogens (tertiary/aromatic N) is 2. The van der Waals surface area contributed by atoms with Crippen LogP contribution in [0, 0.1) is 0 Å². The fraction of sp³-hybridized carbons (Fsp3) is 0.750. The Kier molecular flexibility index (Phi) is 2.63. The number of anilines is 1. The van der Waals surface area contributed by atoms with Gasteiger partial charge in [0.2, 0.25) is 5.13 Å². The molecular formula is C8H13N3OS. The van der Waals surface area contributed by atoms with Crippen molar-refractivity contribution >= 4 is 16.7 Å². The maximum Gasteiger partial charge on any atom is 0.330 e. The standard InChI is InChI=1S/C8H13N3OS/c9-7-10-8(11-13-7)12-6-4-2-1-3-5-6/h6H,1-5H2,(H2,9,10,11). The molecule has 2 N–H and O–H groups in total. The van der Waals surface area contributed by atoms with Crippen molar-refractivity contribution in [1.82, 2.24) is 9.36 Å². The lowest BCUT2D eigenvalue weighted by atomic mass is 9.98. The molecule has 72 valence electrons. The second-order valence-electron chi connectivity index (χ2n) is 3.29. The first-order chi connectivity index (χ1) is 6.34. The number of ether oxygens (including phenoxy) is 1. The molecule has 1 aromatic heterocycles. The van der Waals surface area contributed by atoms with Gasteiger partial charge in [0, 0.05) is 11.5 Å². The van der Waals surface area contributed by atoms with Crippen LogP contribution in [0.15, 0.2) is 0 Å². The smallest absolute Gasteiger partial charge is 0.330 e. The van der Waals surface area contributed by atoms with E-state index in [2.05, 4.69) is 9.36 Å². The monoisotopic (exact) mass is 199 g/mol. The summed E-state index contributed by atoms with van der Waals surface area (Å²) in [6.45, 7) is 0. The van der Waals surface area contributed by atoms with E-state index in [1.165, 1.54) is 30.8 Å². The van der Waals surface area contributed by atoms with Gasteiger partial charge < -0.3 is 10.5 Å². The predicted molar refractivity (Wildman–Crippen MR) is 51.8 cm³/mol. The van der Waals surface area contributed by atoms with Gasteiger partial charge in [-0.05, 0) is 25.7 Å². The summed E-state index contributed by atoms with van der Waals surface area (Å²) >= 11 is 1.18. The van der Waals surface area contributed by atoms with Gasteiger partial charge in [-0.3, -0.25) is 0 Å². The molecule has 0 unspecified atom stereocenters. The van der Waals surface area contributed by atoms with Crippen molar-refractivity contribution < 1.29 is 4.74 Å². The molecule has 0 radical (unpaired) electrons. The van der Waals surface area contributed by atoms with E-state index >= 15 is 0 Å². The summed E-state index contributed by atoms with van der Waals surface area (Å²) in [5.74, 6) is 0. The normalized spacial score (nSPS) is 18.8. The summed E-state index contributed by atoms with van der Waals surface area (Å²) in [7, 11) is 0. The number of hydrogen-bond acceptors (Lipinski definition) is 5. The van der Waals surface area contributed by atoms with Gasteiger partial charge in [0.25, 0.3) is 0 Å². The molecule has 0 aromatic carbocycles. The zero-order valence-corrected chi connectivity index (χ0v) is 8.22. The van der Waals surface area contributed by atoms with Gasteiger partial charge >= 0.3 is 6.01 Å². The zero-order valence-electron chi connectivity index (χ0n) is 7.40. The molecule has 0 aliphatic heterocycles. The van der Waals surface area contributed by atoms with Crippen molar-refractivity contribution in [2.45, 2.75) is 38.2 Å². The molecule has 0 amide bonds. The van der Waals surface area contributed by atoms with E-state index in [9.17, 15) is 0 Å². The second-order valence-corrected chi connectivity index (χ2v) is 4.08. The fourth-order valence-electron chi connectivity index (χ4n) is 1.60. The number of nitrogen functional groups attached to an aromatic ring is 1. The third kappa shape index (κ3) is 2.30. The number of aromatic nitrogens is 2. The molecule has 0 saturated heterocycles. The first kappa shape index (κ1) is 8.74. The highest BCUT2D eigenvalue weighted by Gasteiger charge is 2.16. The Balaban J connectivity index is 1.89. The number of hydrogen-bond donors (Lipinski definition) is 1. The van der Waals surface area contributed by atoms with Crippen LogP contribution >= 0.6 is 11.5 Å². The largest absolute Gasteiger partial charge is 0.459 e. The van der Waals surface area contributed by atoms with Crippen LogP contribution in [0.4, 0.5) is 5.13 Å². The molecular weight excluding hydrogens is 186 g/mol. The zero-order chi connectivity index (χ0) is 9.10. The fourth-order valence-corrected chi connectivity index (χ4v) is 1.98. The average molecular weight is 199 g/mol. The van der Waals surface area contributed by atoms with Gasteiger partial charge in [-0.25, -0.2) is 0 Å². The quantitative estimate of drug-likeness (QED) is 0.789. The molecule has 1 saturated carbocycles. The topological polar surface area (TPSA) is 61.0 Å². The predicted octanol–water partition coefficient (Wildman–Crippen LogP) is 1.83. The van der Waals surface area contributed by atoms with E-state index in [0.29, 0.717) is 17.2 Å². The van der Waals surface area contributed by atoms with E-state index < -0.39 is 0 Å². The third-order valence-corrected chi connectivity index (χ3v) is 2.77. The first-order valence-electron chi connectivity index (χ1n) is 4.60. The van der Waals surface area contributed by atoms with Crippen molar-refractivity contribution in [2.24, 2.45) is 0 Å². The van der Waals surface area contributed by atoms with Gasteiger partial charge in [-0.1, -0.05) is 6.42 Å². The summed E-state index contributed by atoms with van der Waals surface area (Å²) in [4.78, 5) is 3.97. The lowest BCUT2D eigenvalue weighted by molar-refractivity contribution is 0.144. The third-order valence-electron chi connectivity index (χ3n) is 2.25. The van der Waals surface area contributed by atoms with Gasteiger partial charge in [0.05, 0.1) is 0 Å². The van der Waals surface area contributed by atoms with Crippen molar-refractivity contribution in [3.8, 4) is 6.01 Å². The van der Waals surface area contributed by atoms with Gasteiger partial charge in [0.1, 0.15) is 6.10 Å². The molecule has 1 aliphatic carbocycles. The van der Waals surface area contributed by atoms with Crippen LogP contribution in [0.5, 0.6) is 6.01 Å². The van der Waals surface area contributed by atoms with Crippen LogP contribution in [-0.2, 0) is 0 Å². The highest BCUT2D eigenvalue weighted by Crippen LogP contribution is 2.22. The maximum absolute atomic E-state index is 5.58. The Labute approximate surface area is 81.3 Å². The van der Waals surface area contributed by atoms with Crippen molar-refractivity contribution in [1.29, 1.82) is 0 Å². The molecule has 4 nitrogen and oxygen atoms in total. The Morgan fingerprint density at radius 3 is 2.69 bits per heavy atom. The Morgan fingerprint density at radius 1 is 1.31 bits per heavy atom. The Bertz CT molecular complexity index is 270. The molecule has 13 heavy (non-hydrogen) atoms.